The van der Waals surface area contributed by atoms with Gasteiger partial charge in [-0.3, -0.25) is 4.79 Å². The highest BCUT2D eigenvalue weighted by atomic mass is 35.5. The molecular formula is C8H10Cl4O. The Morgan fingerprint density at radius 2 is 1.85 bits per heavy atom. The lowest BCUT2D eigenvalue weighted by molar-refractivity contribution is -0.113. The van der Waals surface area contributed by atoms with Gasteiger partial charge >= 0.3 is 0 Å². The second-order valence-electron chi connectivity index (χ2n) is 3.38. The second-order valence-corrected chi connectivity index (χ2v) is 5.28. The third kappa shape index (κ3) is 5.79. The van der Waals surface area contributed by atoms with E-state index in [9.17, 15) is 4.79 Å². The van der Waals surface area contributed by atoms with Crippen LogP contribution in [0.1, 0.15) is 20.3 Å². The van der Waals surface area contributed by atoms with Crippen molar-refractivity contribution < 1.29 is 4.79 Å². The molecule has 0 radical (unpaired) electrons. The lowest BCUT2D eigenvalue weighted by atomic mass is 9.86. The summed E-state index contributed by atoms with van der Waals surface area (Å²) >= 11 is 22.1. The van der Waals surface area contributed by atoms with Gasteiger partial charge in [0.15, 0.2) is 0 Å². The minimum atomic E-state index is -0.449. The number of allylic oxidation sites excluding steroid dienone is 1. The van der Waals surface area contributed by atoms with Gasteiger partial charge in [-0.05, 0) is 23.1 Å². The number of halogens is 4. The Morgan fingerprint density at radius 1 is 1.38 bits per heavy atom. The molecule has 0 rings (SSSR count). The third-order valence-electron chi connectivity index (χ3n) is 1.61. The van der Waals surface area contributed by atoms with Gasteiger partial charge in [-0.1, -0.05) is 37.0 Å². The molecule has 0 bridgehead atoms. The first kappa shape index (κ1) is 13.6. The van der Waals surface area contributed by atoms with Crippen molar-refractivity contribution in [3.8, 4) is 0 Å². The lowest BCUT2D eigenvalue weighted by Crippen LogP contribution is -2.25. The van der Waals surface area contributed by atoms with Gasteiger partial charge in [0.1, 0.15) is 4.49 Å². The van der Waals surface area contributed by atoms with Gasteiger partial charge in [0, 0.05) is 6.42 Å². The van der Waals surface area contributed by atoms with E-state index in [0.717, 1.165) is 0 Å². The maximum atomic E-state index is 10.7. The van der Waals surface area contributed by atoms with Crippen LogP contribution in [0.3, 0.4) is 0 Å². The quantitative estimate of drug-likeness (QED) is 0.552. The first-order chi connectivity index (χ1) is 5.75. The van der Waals surface area contributed by atoms with Crippen LogP contribution in [0, 0.1) is 5.41 Å². The van der Waals surface area contributed by atoms with E-state index >= 15 is 0 Å². The molecule has 0 N–H and O–H groups in total. The van der Waals surface area contributed by atoms with Crippen molar-refractivity contribution in [3.05, 3.63) is 10.6 Å². The molecule has 76 valence electrons. The standard InChI is InChI=1S/C8H10Cl4O/c1-8(2,4-7(12)13)5(9)3-6(10)11/h3,5H,4H2,1-2H3. The van der Waals surface area contributed by atoms with Gasteiger partial charge in [-0.2, -0.15) is 0 Å². The van der Waals surface area contributed by atoms with Gasteiger partial charge in [-0.25, -0.2) is 0 Å². The molecule has 13 heavy (non-hydrogen) atoms. The van der Waals surface area contributed by atoms with Crippen molar-refractivity contribution in [2.75, 3.05) is 0 Å². The van der Waals surface area contributed by atoms with Crippen LogP contribution < -0.4 is 0 Å². The summed E-state index contributed by atoms with van der Waals surface area (Å²) < 4.78 is 0.0927. The Hall–Kier alpha value is 0.570. The number of carbonyl (C=O) groups is 1. The third-order valence-corrected chi connectivity index (χ3v) is 2.72. The molecule has 0 aliphatic heterocycles. The Balaban J connectivity index is 4.44. The summed E-state index contributed by atoms with van der Waals surface area (Å²) in [5.74, 6) is 0. The predicted octanol–water partition coefficient (Wildman–Crippen LogP) is 4.09. The average molecular weight is 264 g/mol. The summed E-state index contributed by atoms with van der Waals surface area (Å²) in [5.41, 5.74) is -0.449. The van der Waals surface area contributed by atoms with Crippen LogP contribution in [-0.4, -0.2) is 10.6 Å². The largest absolute Gasteiger partial charge is 0.281 e. The lowest BCUT2D eigenvalue weighted by Gasteiger charge is -2.26. The fourth-order valence-corrected chi connectivity index (χ4v) is 1.72. The molecule has 5 heteroatoms. The summed E-state index contributed by atoms with van der Waals surface area (Å²) in [6, 6.07) is 0. The predicted molar refractivity (Wildman–Crippen MR) is 58.7 cm³/mol. The second kappa shape index (κ2) is 5.45. The van der Waals surface area contributed by atoms with E-state index in [1.807, 2.05) is 13.8 Å². The SMILES string of the molecule is CC(C)(CC(=O)Cl)C(Cl)C=C(Cl)Cl. The molecule has 0 fully saturated rings. The summed E-state index contributed by atoms with van der Waals surface area (Å²) in [4.78, 5) is 10.7. The zero-order valence-corrected chi connectivity index (χ0v) is 10.3. The molecule has 0 amide bonds. The van der Waals surface area contributed by atoms with Crippen LogP contribution in [0.25, 0.3) is 0 Å². The van der Waals surface area contributed by atoms with Crippen LogP contribution in [0.15, 0.2) is 10.6 Å². The van der Waals surface area contributed by atoms with Crippen molar-refractivity contribution in [1.29, 1.82) is 0 Å². The minimum Gasteiger partial charge on any atom is -0.281 e. The van der Waals surface area contributed by atoms with Crippen LogP contribution in [0.4, 0.5) is 0 Å². The molecule has 1 atom stereocenters. The van der Waals surface area contributed by atoms with Gasteiger partial charge in [-0.15, -0.1) is 11.6 Å². The molecule has 1 nitrogen and oxygen atoms in total. The molecule has 0 spiro atoms. The topological polar surface area (TPSA) is 17.1 Å². The van der Waals surface area contributed by atoms with Crippen molar-refractivity contribution in [3.63, 3.8) is 0 Å². The van der Waals surface area contributed by atoms with Gasteiger partial charge in [0.05, 0.1) is 5.38 Å². The molecule has 0 aliphatic carbocycles. The zero-order chi connectivity index (χ0) is 10.6. The normalized spacial score (nSPS) is 13.7. The first-order valence-corrected chi connectivity index (χ1v) is 5.18. The van der Waals surface area contributed by atoms with E-state index in [4.69, 9.17) is 46.4 Å². The Morgan fingerprint density at radius 3 is 2.15 bits per heavy atom. The van der Waals surface area contributed by atoms with Crippen LogP contribution in [0.2, 0.25) is 0 Å². The number of hydrogen-bond acceptors (Lipinski definition) is 1. The minimum absolute atomic E-state index is 0.0927. The fraction of sp³-hybridized carbons (Fsp3) is 0.625. The van der Waals surface area contributed by atoms with E-state index in [1.54, 1.807) is 0 Å². The summed E-state index contributed by atoms with van der Waals surface area (Å²) in [6.07, 6.45) is 1.66. The molecule has 0 aromatic heterocycles. The molecule has 0 aliphatic rings. The van der Waals surface area contributed by atoms with Gasteiger partial charge in [0.2, 0.25) is 5.24 Å². The molecule has 0 saturated heterocycles. The number of alkyl halides is 1. The number of carbonyl (C=O) groups excluding carboxylic acids is 1. The van der Waals surface area contributed by atoms with Crippen molar-refractivity contribution in [2.45, 2.75) is 25.6 Å². The number of hydrogen-bond donors (Lipinski definition) is 0. The highest BCUT2D eigenvalue weighted by molar-refractivity contribution is 6.63. The maximum absolute atomic E-state index is 10.7. The highest BCUT2D eigenvalue weighted by Gasteiger charge is 2.28. The highest BCUT2D eigenvalue weighted by Crippen LogP contribution is 2.32. The summed E-state index contributed by atoms with van der Waals surface area (Å²) in [7, 11) is 0. The van der Waals surface area contributed by atoms with E-state index in [0.29, 0.717) is 0 Å². The van der Waals surface area contributed by atoms with Crippen LogP contribution in [-0.2, 0) is 4.79 Å². The molecule has 0 saturated carbocycles. The molecule has 0 aromatic carbocycles. The van der Waals surface area contributed by atoms with Crippen molar-refractivity contribution in [1.82, 2.24) is 0 Å². The van der Waals surface area contributed by atoms with Crippen LogP contribution in [0.5, 0.6) is 0 Å². The number of rotatable bonds is 4. The Labute approximate surface area is 98.0 Å². The van der Waals surface area contributed by atoms with Gasteiger partial charge in [0.25, 0.3) is 0 Å². The molecule has 0 heterocycles. The van der Waals surface area contributed by atoms with E-state index in [1.165, 1.54) is 6.08 Å². The smallest absolute Gasteiger partial charge is 0.222 e. The Kier molecular flexibility index (Phi) is 5.69. The van der Waals surface area contributed by atoms with E-state index < -0.39 is 16.0 Å². The summed E-state index contributed by atoms with van der Waals surface area (Å²) in [5, 5.41) is -0.838. The molecule has 1 unspecified atom stereocenters. The average Bonchev–Trinajstić information content (AvgIpc) is 1.81. The van der Waals surface area contributed by atoms with Crippen molar-refractivity contribution in [2.24, 2.45) is 5.41 Å². The summed E-state index contributed by atoms with van der Waals surface area (Å²) in [6.45, 7) is 3.64. The van der Waals surface area contributed by atoms with Crippen LogP contribution >= 0.6 is 46.4 Å². The van der Waals surface area contributed by atoms with Gasteiger partial charge < -0.3 is 0 Å². The molecular weight excluding hydrogens is 254 g/mol. The fourth-order valence-electron chi connectivity index (χ4n) is 0.792. The molecule has 0 aromatic rings. The van der Waals surface area contributed by atoms with E-state index in [-0.39, 0.29) is 10.9 Å². The monoisotopic (exact) mass is 262 g/mol. The van der Waals surface area contributed by atoms with E-state index in [2.05, 4.69) is 0 Å². The zero-order valence-electron chi connectivity index (χ0n) is 7.28. The van der Waals surface area contributed by atoms with Crippen molar-refractivity contribution >= 4 is 51.6 Å². The Bertz CT molecular complexity index is 218. The first-order valence-electron chi connectivity index (χ1n) is 3.61. The maximum Gasteiger partial charge on any atom is 0.222 e.